The van der Waals surface area contributed by atoms with Crippen molar-refractivity contribution >= 4 is 22.6 Å². The summed E-state index contributed by atoms with van der Waals surface area (Å²) in [6, 6.07) is 14.2. The fourth-order valence-electron chi connectivity index (χ4n) is 3.79. The van der Waals surface area contributed by atoms with Gasteiger partial charge in [-0.05, 0) is 44.0 Å². The van der Waals surface area contributed by atoms with Crippen molar-refractivity contribution in [1.82, 2.24) is 14.5 Å². The lowest BCUT2D eigenvalue weighted by Gasteiger charge is -2.31. The zero-order valence-electron chi connectivity index (χ0n) is 19.7. The number of benzene rings is 2. The van der Waals surface area contributed by atoms with Gasteiger partial charge in [-0.1, -0.05) is 30.3 Å². The molecule has 1 atom stereocenters. The van der Waals surface area contributed by atoms with Crippen molar-refractivity contribution in [3.05, 3.63) is 70.3 Å². The number of methoxy groups -OCH3 is 2. The Hall–Kier alpha value is -3.23. The number of para-hydroxylation sites is 2. The van der Waals surface area contributed by atoms with Crippen molar-refractivity contribution in [3.8, 4) is 0 Å². The molecule has 1 aromatic heterocycles. The Kier molecular flexibility index (Phi) is 8.57. The summed E-state index contributed by atoms with van der Waals surface area (Å²) in [5.41, 5.74) is 2.18. The number of rotatable bonds is 10. The number of aromatic nitrogens is 2. The Bertz CT molecular complexity index is 1140. The molecule has 0 saturated carbocycles. The lowest BCUT2D eigenvalue weighted by molar-refractivity contribution is 0.155. The second kappa shape index (κ2) is 11.6. The van der Waals surface area contributed by atoms with E-state index in [4.69, 9.17) is 14.5 Å². The van der Waals surface area contributed by atoms with Crippen LogP contribution in [-0.4, -0.2) is 54.5 Å². The van der Waals surface area contributed by atoms with Crippen LogP contribution in [0.2, 0.25) is 0 Å². The largest absolute Gasteiger partial charge is 0.385 e. The van der Waals surface area contributed by atoms with Gasteiger partial charge in [0, 0.05) is 33.1 Å². The van der Waals surface area contributed by atoms with E-state index in [1.54, 1.807) is 29.8 Å². The lowest BCUT2D eigenvalue weighted by Crippen LogP contribution is -2.41. The number of ether oxygens (including phenoxy) is 2. The third-order valence-corrected chi connectivity index (χ3v) is 5.65. The number of carbonyl (C=O) groups excluding carboxylic acids is 1. The van der Waals surface area contributed by atoms with E-state index >= 15 is 0 Å². The standard InChI is InChI=1S/C25H32N4O4/c1-18-10-5-7-12-21(18)27-25(31)28(14-9-16-32-3)19(2)23-26-22-13-8-6-11-20(22)24(30)29(23)15-17-33-4/h5-8,10-13,19H,9,14-17H2,1-4H3,(H,27,31). The molecule has 8 nitrogen and oxygen atoms in total. The summed E-state index contributed by atoms with van der Waals surface area (Å²) in [5, 5.41) is 3.55. The van der Waals surface area contributed by atoms with E-state index in [2.05, 4.69) is 5.32 Å². The van der Waals surface area contributed by atoms with Crippen molar-refractivity contribution in [2.75, 3.05) is 39.3 Å². The number of amides is 2. The van der Waals surface area contributed by atoms with Gasteiger partial charge >= 0.3 is 6.03 Å². The second-order valence-corrected chi connectivity index (χ2v) is 7.90. The van der Waals surface area contributed by atoms with Gasteiger partial charge < -0.3 is 19.7 Å². The highest BCUT2D eigenvalue weighted by Crippen LogP contribution is 2.23. The molecule has 0 aliphatic heterocycles. The van der Waals surface area contributed by atoms with Crippen LogP contribution < -0.4 is 10.9 Å². The Morgan fingerprint density at radius 3 is 2.52 bits per heavy atom. The molecule has 0 fully saturated rings. The number of hydrogen-bond donors (Lipinski definition) is 1. The second-order valence-electron chi connectivity index (χ2n) is 7.90. The van der Waals surface area contributed by atoms with Gasteiger partial charge in [-0.3, -0.25) is 9.36 Å². The number of hydrogen-bond acceptors (Lipinski definition) is 5. The quantitative estimate of drug-likeness (QED) is 0.470. The third-order valence-electron chi connectivity index (χ3n) is 5.65. The molecule has 8 heteroatoms. The first-order chi connectivity index (χ1) is 16.0. The maximum absolute atomic E-state index is 13.4. The number of nitrogens with one attached hydrogen (secondary N) is 1. The third kappa shape index (κ3) is 5.77. The number of nitrogens with zero attached hydrogens (tertiary/aromatic N) is 3. The van der Waals surface area contributed by atoms with Crippen LogP contribution in [0.25, 0.3) is 10.9 Å². The average Bonchev–Trinajstić information content (AvgIpc) is 2.82. The van der Waals surface area contributed by atoms with Crippen molar-refractivity contribution in [2.24, 2.45) is 0 Å². The van der Waals surface area contributed by atoms with Crippen molar-refractivity contribution in [1.29, 1.82) is 0 Å². The van der Waals surface area contributed by atoms with Gasteiger partial charge in [-0.25, -0.2) is 9.78 Å². The summed E-state index contributed by atoms with van der Waals surface area (Å²) in [6.45, 7) is 5.50. The molecule has 0 bridgehead atoms. The number of anilines is 1. The molecule has 0 saturated heterocycles. The van der Waals surface area contributed by atoms with Gasteiger partial charge in [0.25, 0.3) is 5.56 Å². The van der Waals surface area contributed by atoms with E-state index < -0.39 is 6.04 Å². The molecular weight excluding hydrogens is 420 g/mol. The summed E-state index contributed by atoms with van der Waals surface area (Å²) >= 11 is 0. The first kappa shape index (κ1) is 24.4. The van der Waals surface area contributed by atoms with Crippen molar-refractivity contribution < 1.29 is 14.3 Å². The van der Waals surface area contributed by atoms with E-state index in [1.807, 2.05) is 56.3 Å². The number of carbonyl (C=O) groups is 1. The first-order valence-electron chi connectivity index (χ1n) is 11.1. The van der Waals surface area contributed by atoms with Crippen LogP contribution in [0, 0.1) is 6.92 Å². The highest BCUT2D eigenvalue weighted by atomic mass is 16.5. The van der Waals surface area contributed by atoms with Gasteiger partial charge in [0.2, 0.25) is 0 Å². The fourth-order valence-corrected chi connectivity index (χ4v) is 3.79. The van der Waals surface area contributed by atoms with Crippen LogP contribution in [0.5, 0.6) is 0 Å². The summed E-state index contributed by atoms with van der Waals surface area (Å²) in [5.74, 6) is 0.521. The molecule has 0 spiro atoms. The maximum Gasteiger partial charge on any atom is 0.322 e. The van der Waals surface area contributed by atoms with Gasteiger partial charge in [-0.2, -0.15) is 0 Å². The van der Waals surface area contributed by atoms with Gasteiger partial charge in [-0.15, -0.1) is 0 Å². The minimum absolute atomic E-state index is 0.143. The zero-order valence-corrected chi connectivity index (χ0v) is 19.7. The van der Waals surface area contributed by atoms with Crippen LogP contribution in [-0.2, 0) is 16.0 Å². The van der Waals surface area contributed by atoms with Crippen LogP contribution in [0.3, 0.4) is 0 Å². The van der Waals surface area contributed by atoms with Crippen LogP contribution in [0.1, 0.15) is 30.8 Å². The number of urea groups is 1. The molecule has 1 unspecified atom stereocenters. The predicted octanol–water partition coefficient (Wildman–Crippen LogP) is 3.98. The van der Waals surface area contributed by atoms with E-state index in [1.165, 1.54) is 0 Å². The minimum atomic E-state index is -0.458. The minimum Gasteiger partial charge on any atom is -0.385 e. The fraction of sp³-hybridized carbons (Fsp3) is 0.400. The first-order valence-corrected chi connectivity index (χ1v) is 11.1. The Morgan fingerprint density at radius 1 is 1.09 bits per heavy atom. The van der Waals surface area contributed by atoms with Gasteiger partial charge in [0.1, 0.15) is 5.82 Å². The summed E-state index contributed by atoms with van der Waals surface area (Å²) in [4.78, 5) is 33.2. The topological polar surface area (TPSA) is 85.7 Å². The monoisotopic (exact) mass is 452 g/mol. The van der Waals surface area contributed by atoms with Gasteiger partial charge in [0.15, 0.2) is 0 Å². The predicted molar refractivity (Wildman–Crippen MR) is 130 cm³/mol. The molecule has 0 radical (unpaired) electrons. The van der Waals surface area contributed by atoms with Crippen LogP contribution in [0.15, 0.2) is 53.3 Å². The Balaban J connectivity index is 2.02. The maximum atomic E-state index is 13.4. The molecule has 1 N–H and O–H groups in total. The van der Waals surface area contributed by atoms with Crippen molar-refractivity contribution in [3.63, 3.8) is 0 Å². The van der Waals surface area contributed by atoms with Crippen LogP contribution >= 0.6 is 0 Å². The normalized spacial score (nSPS) is 12.0. The molecule has 176 valence electrons. The van der Waals surface area contributed by atoms with E-state index in [9.17, 15) is 9.59 Å². The molecule has 1 heterocycles. The molecule has 0 aliphatic rings. The van der Waals surface area contributed by atoms with E-state index in [0.29, 0.717) is 49.5 Å². The van der Waals surface area contributed by atoms with E-state index in [0.717, 1.165) is 11.3 Å². The molecule has 33 heavy (non-hydrogen) atoms. The SMILES string of the molecule is COCCCN(C(=O)Nc1ccccc1C)C(C)c1nc2ccccc2c(=O)n1CCOC. The Morgan fingerprint density at radius 2 is 1.79 bits per heavy atom. The summed E-state index contributed by atoms with van der Waals surface area (Å²) in [7, 11) is 3.23. The smallest absolute Gasteiger partial charge is 0.322 e. The molecule has 2 amide bonds. The number of aryl methyl sites for hydroxylation is 1. The van der Waals surface area contributed by atoms with Crippen molar-refractivity contribution in [2.45, 2.75) is 32.9 Å². The molecule has 3 rings (SSSR count). The average molecular weight is 453 g/mol. The summed E-state index contributed by atoms with van der Waals surface area (Å²) < 4.78 is 12.0. The number of fused-ring (bicyclic) bond motifs is 1. The Labute approximate surface area is 194 Å². The highest BCUT2D eigenvalue weighted by Gasteiger charge is 2.26. The molecule has 2 aromatic carbocycles. The van der Waals surface area contributed by atoms with Gasteiger partial charge in [0.05, 0.1) is 30.1 Å². The summed E-state index contributed by atoms with van der Waals surface area (Å²) in [6.07, 6.45) is 0.651. The zero-order chi connectivity index (χ0) is 23.8. The molecular formula is C25H32N4O4. The highest BCUT2D eigenvalue weighted by molar-refractivity contribution is 5.90. The lowest BCUT2D eigenvalue weighted by atomic mass is 10.2. The van der Waals surface area contributed by atoms with Crippen LogP contribution in [0.4, 0.5) is 10.5 Å². The van der Waals surface area contributed by atoms with E-state index in [-0.39, 0.29) is 11.6 Å². The molecule has 3 aromatic rings. The molecule has 0 aliphatic carbocycles.